The predicted molar refractivity (Wildman–Crippen MR) is 96.0 cm³/mol. The van der Waals surface area contributed by atoms with Gasteiger partial charge in [-0.2, -0.15) is 0 Å². The van der Waals surface area contributed by atoms with Gasteiger partial charge >= 0.3 is 6.09 Å². The number of nitrogens with zero attached hydrogens (tertiary/aromatic N) is 2. The average Bonchev–Trinajstić information content (AvgIpc) is 3.13. The summed E-state index contributed by atoms with van der Waals surface area (Å²) in [5, 5.41) is 20.7. The summed E-state index contributed by atoms with van der Waals surface area (Å²) >= 11 is 3.63. The molecule has 1 atom stereocenters. The lowest BCUT2D eigenvalue weighted by atomic mass is 9.99. The van der Waals surface area contributed by atoms with Crippen LogP contribution in [0.15, 0.2) is 33.6 Å². The van der Waals surface area contributed by atoms with Gasteiger partial charge in [0.1, 0.15) is 12.4 Å². The molecule has 2 heterocycles. The SMILES string of the molecule is O=C(O)NCC(O)CN1CCc2c(ccc(OCc3cnco3)c2Br)C1. The molecule has 0 saturated carbocycles. The zero-order valence-corrected chi connectivity index (χ0v) is 15.6. The largest absolute Gasteiger partial charge is 0.484 e. The lowest BCUT2D eigenvalue weighted by Gasteiger charge is -2.31. The molecule has 0 aliphatic carbocycles. The smallest absolute Gasteiger partial charge is 0.404 e. The molecule has 8 nitrogen and oxygen atoms in total. The maximum atomic E-state index is 10.5. The molecule has 0 spiro atoms. The number of nitrogens with one attached hydrogen (secondary N) is 1. The van der Waals surface area contributed by atoms with Crippen molar-refractivity contribution in [3.63, 3.8) is 0 Å². The Kier molecular flexibility index (Phi) is 6.12. The highest BCUT2D eigenvalue weighted by atomic mass is 79.9. The quantitative estimate of drug-likeness (QED) is 0.622. The van der Waals surface area contributed by atoms with Gasteiger partial charge in [0.25, 0.3) is 0 Å². The van der Waals surface area contributed by atoms with Gasteiger partial charge in [-0.1, -0.05) is 6.07 Å². The van der Waals surface area contributed by atoms with E-state index in [1.807, 2.05) is 12.1 Å². The number of hydrogen-bond donors (Lipinski definition) is 3. The number of carbonyl (C=O) groups is 1. The molecule has 0 saturated heterocycles. The van der Waals surface area contributed by atoms with Crippen molar-refractivity contribution in [1.29, 1.82) is 0 Å². The predicted octanol–water partition coefficient (Wildman–Crippen LogP) is 2.00. The number of benzene rings is 1. The molecule has 140 valence electrons. The minimum absolute atomic E-state index is 0.0246. The van der Waals surface area contributed by atoms with E-state index in [0.717, 1.165) is 28.8 Å². The highest BCUT2D eigenvalue weighted by molar-refractivity contribution is 9.10. The molecule has 26 heavy (non-hydrogen) atoms. The normalized spacial score (nSPS) is 15.3. The Hall–Kier alpha value is -2.10. The molecular weight excluding hydrogens is 406 g/mol. The van der Waals surface area contributed by atoms with Crippen LogP contribution in [0, 0.1) is 0 Å². The Morgan fingerprint density at radius 1 is 1.50 bits per heavy atom. The number of rotatable bonds is 7. The summed E-state index contributed by atoms with van der Waals surface area (Å²) in [6.07, 6.45) is 1.94. The monoisotopic (exact) mass is 425 g/mol. The minimum atomic E-state index is -1.13. The summed E-state index contributed by atoms with van der Waals surface area (Å²) in [5.74, 6) is 1.41. The van der Waals surface area contributed by atoms with E-state index >= 15 is 0 Å². The number of oxazole rings is 1. The van der Waals surface area contributed by atoms with E-state index in [1.54, 1.807) is 6.20 Å². The number of fused-ring (bicyclic) bond motifs is 1. The van der Waals surface area contributed by atoms with Crippen LogP contribution in [0.1, 0.15) is 16.9 Å². The number of ether oxygens (including phenoxy) is 1. The van der Waals surface area contributed by atoms with E-state index in [-0.39, 0.29) is 6.54 Å². The standard InChI is InChI=1S/C17H20BrN3O5/c18-16-14-3-4-21(8-12(22)5-20-17(23)24)7-11(14)1-2-15(16)25-9-13-6-19-10-26-13/h1-2,6,10,12,20,22H,3-5,7-9H2,(H,23,24). The Morgan fingerprint density at radius 3 is 3.08 bits per heavy atom. The van der Waals surface area contributed by atoms with Crippen molar-refractivity contribution in [2.45, 2.75) is 25.7 Å². The van der Waals surface area contributed by atoms with Crippen molar-refractivity contribution in [1.82, 2.24) is 15.2 Å². The van der Waals surface area contributed by atoms with Gasteiger partial charge < -0.3 is 24.7 Å². The first-order valence-corrected chi connectivity index (χ1v) is 9.00. The van der Waals surface area contributed by atoms with Crippen LogP contribution in [-0.4, -0.2) is 51.9 Å². The van der Waals surface area contributed by atoms with Crippen LogP contribution in [0.5, 0.6) is 5.75 Å². The first-order valence-electron chi connectivity index (χ1n) is 8.20. The van der Waals surface area contributed by atoms with E-state index in [2.05, 4.69) is 31.1 Å². The number of aromatic nitrogens is 1. The van der Waals surface area contributed by atoms with Crippen LogP contribution in [0.3, 0.4) is 0 Å². The lowest BCUT2D eigenvalue weighted by Crippen LogP contribution is -2.41. The lowest BCUT2D eigenvalue weighted by molar-refractivity contribution is 0.102. The summed E-state index contributed by atoms with van der Waals surface area (Å²) in [6, 6.07) is 3.93. The zero-order chi connectivity index (χ0) is 18.5. The number of amides is 1. The van der Waals surface area contributed by atoms with Crippen LogP contribution in [0.25, 0.3) is 0 Å². The average molecular weight is 426 g/mol. The van der Waals surface area contributed by atoms with Crippen molar-refractivity contribution in [3.8, 4) is 5.75 Å². The first-order chi connectivity index (χ1) is 12.5. The van der Waals surface area contributed by atoms with E-state index in [4.69, 9.17) is 14.3 Å². The number of halogens is 1. The molecule has 1 unspecified atom stereocenters. The maximum absolute atomic E-state index is 10.5. The summed E-state index contributed by atoms with van der Waals surface area (Å²) in [7, 11) is 0. The highest BCUT2D eigenvalue weighted by Crippen LogP contribution is 2.34. The molecule has 0 bridgehead atoms. The van der Waals surface area contributed by atoms with Gasteiger partial charge in [-0.05, 0) is 39.5 Å². The first kappa shape index (κ1) is 18.7. The molecule has 1 aliphatic rings. The van der Waals surface area contributed by atoms with E-state index in [0.29, 0.717) is 25.5 Å². The Morgan fingerprint density at radius 2 is 2.35 bits per heavy atom. The van der Waals surface area contributed by atoms with E-state index in [1.165, 1.54) is 12.0 Å². The van der Waals surface area contributed by atoms with Crippen LogP contribution >= 0.6 is 15.9 Å². The summed E-state index contributed by atoms with van der Waals surface area (Å²) < 4.78 is 11.9. The molecule has 3 N–H and O–H groups in total. The third-order valence-corrected chi connectivity index (χ3v) is 5.06. The van der Waals surface area contributed by atoms with Crippen LogP contribution in [0.4, 0.5) is 4.79 Å². The Bertz CT molecular complexity index is 753. The number of hydrogen-bond acceptors (Lipinski definition) is 6. The van der Waals surface area contributed by atoms with Gasteiger partial charge in [-0.25, -0.2) is 9.78 Å². The van der Waals surface area contributed by atoms with Crippen molar-refractivity contribution in [2.75, 3.05) is 19.6 Å². The maximum Gasteiger partial charge on any atom is 0.404 e. The third-order valence-electron chi connectivity index (χ3n) is 4.19. The van der Waals surface area contributed by atoms with Gasteiger partial charge in [0.2, 0.25) is 0 Å². The number of aliphatic hydroxyl groups is 1. The van der Waals surface area contributed by atoms with Crippen molar-refractivity contribution < 1.29 is 24.2 Å². The number of carboxylic acid groups (broad SMARTS) is 1. The fourth-order valence-corrected chi connectivity index (χ4v) is 3.64. The summed E-state index contributed by atoms with van der Waals surface area (Å²) in [5.41, 5.74) is 2.35. The third kappa shape index (κ3) is 4.75. The second-order valence-electron chi connectivity index (χ2n) is 6.10. The second kappa shape index (κ2) is 8.52. The molecule has 1 amide bonds. The molecule has 1 aromatic carbocycles. The molecule has 1 aliphatic heterocycles. The molecule has 1 aromatic heterocycles. The summed E-state index contributed by atoms with van der Waals surface area (Å²) in [6.45, 7) is 2.23. The molecule has 0 radical (unpaired) electrons. The number of aliphatic hydroxyl groups excluding tert-OH is 1. The van der Waals surface area contributed by atoms with Crippen LogP contribution in [0.2, 0.25) is 0 Å². The van der Waals surface area contributed by atoms with Crippen LogP contribution in [-0.2, 0) is 19.6 Å². The molecule has 2 aromatic rings. The van der Waals surface area contributed by atoms with Gasteiger partial charge in [0, 0.05) is 26.2 Å². The fraction of sp³-hybridized carbons (Fsp3) is 0.412. The molecule has 9 heteroatoms. The topological polar surface area (TPSA) is 108 Å². The van der Waals surface area contributed by atoms with E-state index in [9.17, 15) is 9.90 Å². The summed E-state index contributed by atoms with van der Waals surface area (Å²) in [4.78, 5) is 16.5. The van der Waals surface area contributed by atoms with Crippen molar-refractivity contribution in [3.05, 3.63) is 46.1 Å². The van der Waals surface area contributed by atoms with Gasteiger partial charge in [-0.15, -0.1) is 0 Å². The van der Waals surface area contributed by atoms with E-state index < -0.39 is 12.2 Å². The van der Waals surface area contributed by atoms with Gasteiger partial charge in [-0.3, -0.25) is 4.90 Å². The Labute approximate surface area is 158 Å². The highest BCUT2D eigenvalue weighted by Gasteiger charge is 2.22. The minimum Gasteiger partial charge on any atom is -0.484 e. The zero-order valence-electron chi connectivity index (χ0n) is 14.0. The van der Waals surface area contributed by atoms with Gasteiger partial charge in [0.15, 0.2) is 12.2 Å². The van der Waals surface area contributed by atoms with Gasteiger partial charge in [0.05, 0.1) is 16.8 Å². The van der Waals surface area contributed by atoms with Crippen LogP contribution < -0.4 is 10.1 Å². The van der Waals surface area contributed by atoms with Crippen molar-refractivity contribution >= 4 is 22.0 Å². The fourth-order valence-electron chi connectivity index (χ4n) is 2.95. The molecule has 0 fully saturated rings. The van der Waals surface area contributed by atoms with Crippen molar-refractivity contribution in [2.24, 2.45) is 0 Å². The molecule has 3 rings (SSSR count). The molecular formula is C17H20BrN3O5. The second-order valence-corrected chi connectivity index (χ2v) is 6.89. The Balaban J connectivity index is 1.59. The number of β-amino-alcohol motifs (C(OH)–C–C–N with tert-alkyl or cyclic N) is 1.